The van der Waals surface area contributed by atoms with Crippen molar-refractivity contribution in [3.05, 3.63) is 27.1 Å². The first-order chi connectivity index (χ1) is 11.5. The molecule has 5 rings (SSSR count). The zero-order chi connectivity index (χ0) is 16.9. The molecular weight excluding hydrogens is 422 g/mol. The standard InChI is InChI=1S/C19H22FIO3/c1-23-18(22)14-5-16(21)17(6-15(14)20)24-10-19-7-11-2-12(8-19)4-13(3-11)9-19/h5-6,11-13H,2-4,7-10H2,1H3. The summed E-state index contributed by atoms with van der Waals surface area (Å²) in [5, 5.41) is 0. The van der Waals surface area contributed by atoms with Crippen LogP contribution >= 0.6 is 22.6 Å². The summed E-state index contributed by atoms with van der Waals surface area (Å²) in [6, 6.07) is 2.84. The van der Waals surface area contributed by atoms with E-state index in [1.54, 1.807) is 0 Å². The lowest BCUT2D eigenvalue weighted by molar-refractivity contribution is -0.0747. The van der Waals surface area contributed by atoms with Crippen LogP contribution in [0.1, 0.15) is 48.9 Å². The molecule has 3 nitrogen and oxygen atoms in total. The van der Waals surface area contributed by atoms with Crippen LogP contribution in [0, 0.1) is 32.6 Å². The molecule has 0 amide bonds. The summed E-state index contributed by atoms with van der Waals surface area (Å²) in [4.78, 5) is 11.6. The molecule has 0 heterocycles. The van der Waals surface area contributed by atoms with Crippen LogP contribution in [-0.4, -0.2) is 19.7 Å². The van der Waals surface area contributed by atoms with Gasteiger partial charge in [-0.05, 0) is 84.9 Å². The van der Waals surface area contributed by atoms with Crippen LogP contribution in [0.3, 0.4) is 0 Å². The number of benzene rings is 1. The van der Waals surface area contributed by atoms with Gasteiger partial charge in [0.1, 0.15) is 11.6 Å². The van der Waals surface area contributed by atoms with Crippen molar-refractivity contribution in [2.75, 3.05) is 13.7 Å². The Bertz CT molecular complexity index is 638. The predicted molar refractivity (Wildman–Crippen MR) is 96.6 cm³/mol. The second-order valence-corrected chi connectivity index (χ2v) is 9.12. The van der Waals surface area contributed by atoms with Crippen LogP contribution in [-0.2, 0) is 4.74 Å². The van der Waals surface area contributed by atoms with E-state index < -0.39 is 11.8 Å². The molecule has 1 aromatic rings. The third-order valence-electron chi connectivity index (χ3n) is 6.13. The molecule has 0 N–H and O–H groups in total. The third kappa shape index (κ3) is 2.93. The van der Waals surface area contributed by atoms with Crippen LogP contribution in [0.15, 0.2) is 12.1 Å². The van der Waals surface area contributed by atoms with Crippen molar-refractivity contribution < 1.29 is 18.7 Å². The molecule has 4 bridgehead atoms. The third-order valence-corrected chi connectivity index (χ3v) is 6.97. The number of rotatable bonds is 4. The van der Waals surface area contributed by atoms with Gasteiger partial charge in [0.15, 0.2) is 0 Å². The second-order valence-electron chi connectivity index (χ2n) is 7.96. The molecule has 0 atom stereocenters. The molecule has 24 heavy (non-hydrogen) atoms. The molecule has 0 saturated heterocycles. The van der Waals surface area contributed by atoms with Crippen LogP contribution in [0.5, 0.6) is 5.75 Å². The first-order valence-corrected chi connectivity index (χ1v) is 9.76. The monoisotopic (exact) mass is 444 g/mol. The summed E-state index contributed by atoms with van der Waals surface area (Å²) in [5.74, 6) is 1.92. The van der Waals surface area contributed by atoms with Crippen molar-refractivity contribution in [2.45, 2.75) is 38.5 Å². The van der Waals surface area contributed by atoms with Crippen molar-refractivity contribution in [3.8, 4) is 5.75 Å². The van der Waals surface area contributed by atoms with Crippen LogP contribution in [0.2, 0.25) is 0 Å². The minimum atomic E-state index is -0.655. The maximum Gasteiger partial charge on any atom is 0.340 e. The molecule has 4 saturated carbocycles. The van der Waals surface area contributed by atoms with Crippen molar-refractivity contribution in [2.24, 2.45) is 23.2 Å². The van der Waals surface area contributed by atoms with Gasteiger partial charge in [-0.3, -0.25) is 0 Å². The number of hydrogen-bond donors (Lipinski definition) is 0. The molecule has 130 valence electrons. The summed E-state index contributed by atoms with van der Waals surface area (Å²) >= 11 is 2.09. The Morgan fingerprint density at radius 1 is 1.21 bits per heavy atom. The molecule has 5 heteroatoms. The number of methoxy groups -OCH3 is 1. The molecule has 4 aliphatic carbocycles. The molecule has 0 spiro atoms. The molecule has 1 aromatic carbocycles. The summed E-state index contributed by atoms with van der Waals surface area (Å²) in [6.45, 7) is 0.670. The number of esters is 1. The Kier molecular flexibility index (Phi) is 4.25. The number of carbonyl (C=O) groups excluding carboxylic acids is 1. The quantitative estimate of drug-likeness (QED) is 0.494. The van der Waals surface area contributed by atoms with E-state index in [1.165, 1.54) is 57.8 Å². The Morgan fingerprint density at radius 3 is 2.33 bits per heavy atom. The Morgan fingerprint density at radius 2 is 1.79 bits per heavy atom. The number of ether oxygens (including phenoxy) is 2. The molecule has 4 fully saturated rings. The highest BCUT2D eigenvalue weighted by Gasteiger charge is 2.51. The Labute approximate surface area is 155 Å². The highest BCUT2D eigenvalue weighted by Crippen LogP contribution is 2.60. The lowest BCUT2D eigenvalue weighted by atomic mass is 9.50. The van der Waals surface area contributed by atoms with Crippen LogP contribution < -0.4 is 4.74 Å². The SMILES string of the molecule is COC(=O)c1cc(I)c(OCC23CC4CC(CC(C4)C2)C3)cc1F. The van der Waals surface area contributed by atoms with E-state index >= 15 is 0 Å². The van der Waals surface area contributed by atoms with Crippen molar-refractivity contribution in [1.82, 2.24) is 0 Å². The van der Waals surface area contributed by atoms with Gasteiger partial charge in [0.05, 0.1) is 22.9 Å². The van der Waals surface area contributed by atoms with Crippen molar-refractivity contribution in [1.29, 1.82) is 0 Å². The summed E-state index contributed by atoms with van der Waals surface area (Å²) in [6.07, 6.45) is 7.99. The van der Waals surface area contributed by atoms with E-state index in [2.05, 4.69) is 27.3 Å². The lowest BCUT2D eigenvalue weighted by Gasteiger charge is -2.56. The van der Waals surface area contributed by atoms with Gasteiger partial charge in [-0.25, -0.2) is 9.18 Å². The average Bonchev–Trinajstić information content (AvgIpc) is 2.53. The Balaban J connectivity index is 1.50. The topological polar surface area (TPSA) is 35.5 Å². The zero-order valence-corrected chi connectivity index (χ0v) is 16.0. The number of hydrogen-bond acceptors (Lipinski definition) is 3. The van der Waals surface area contributed by atoms with Crippen molar-refractivity contribution >= 4 is 28.6 Å². The van der Waals surface area contributed by atoms with Gasteiger partial charge in [0.25, 0.3) is 0 Å². The van der Waals surface area contributed by atoms with Gasteiger partial charge in [-0.15, -0.1) is 0 Å². The van der Waals surface area contributed by atoms with E-state index in [1.807, 2.05) is 0 Å². The average molecular weight is 444 g/mol. The van der Waals surface area contributed by atoms with Gasteiger partial charge in [-0.2, -0.15) is 0 Å². The zero-order valence-electron chi connectivity index (χ0n) is 13.8. The van der Waals surface area contributed by atoms with Gasteiger partial charge < -0.3 is 9.47 Å². The Hall–Kier alpha value is -0.850. The molecule has 0 radical (unpaired) electrons. The summed E-state index contributed by atoms with van der Waals surface area (Å²) in [7, 11) is 1.26. The molecule has 0 aliphatic heterocycles. The van der Waals surface area contributed by atoms with Crippen LogP contribution in [0.25, 0.3) is 0 Å². The van der Waals surface area contributed by atoms with Crippen molar-refractivity contribution in [3.63, 3.8) is 0 Å². The summed E-state index contributed by atoms with van der Waals surface area (Å²) in [5.41, 5.74) is 0.249. The number of halogens is 2. The fourth-order valence-electron chi connectivity index (χ4n) is 5.60. The van der Waals surface area contributed by atoms with E-state index in [9.17, 15) is 9.18 Å². The normalized spacial score (nSPS) is 33.5. The van der Waals surface area contributed by atoms with E-state index in [4.69, 9.17) is 4.74 Å². The smallest absolute Gasteiger partial charge is 0.340 e. The fourth-order valence-corrected chi connectivity index (χ4v) is 6.23. The van der Waals surface area contributed by atoms with Gasteiger partial charge in [0, 0.05) is 11.5 Å². The fraction of sp³-hybridized carbons (Fsp3) is 0.632. The molecule has 0 aromatic heterocycles. The molecular formula is C19H22FIO3. The number of carbonyl (C=O) groups is 1. The highest BCUT2D eigenvalue weighted by molar-refractivity contribution is 14.1. The van der Waals surface area contributed by atoms with Gasteiger partial charge >= 0.3 is 5.97 Å². The van der Waals surface area contributed by atoms with Crippen LogP contribution in [0.4, 0.5) is 4.39 Å². The largest absolute Gasteiger partial charge is 0.492 e. The minimum Gasteiger partial charge on any atom is -0.492 e. The highest BCUT2D eigenvalue weighted by atomic mass is 127. The van der Waals surface area contributed by atoms with E-state index in [-0.39, 0.29) is 11.0 Å². The van der Waals surface area contributed by atoms with Gasteiger partial charge in [-0.1, -0.05) is 0 Å². The maximum absolute atomic E-state index is 14.2. The van der Waals surface area contributed by atoms with Gasteiger partial charge in [0.2, 0.25) is 0 Å². The first kappa shape index (κ1) is 16.6. The summed E-state index contributed by atoms with van der Waals surface area (Å²) < 4.78 is 25.6. The predicted octanol–water partition coefficient (Wildman–Crippen LogP) is 4.81. The van der Waals surface area contributed by atoms with E-state index in [0.29, 0.717) is 12.4 Å². The maximum atomic E-state index is 14.2. The lowest BCUT2D eigenvalue weighted by Crippen LogP contribution is -2.48. The molecule has 0 unspecified atom stereocenters. The minimum absolute atomic E-state index is 0.0379. The first-order valence-electron chi connectivity index (χ1n) is 8.68. The second kappa shape index (κ2) is 6.15. The van der Waals surface area contributed by atoms with E-state index in [0.717, 1.165) is 21.3 Å². The molecule has 4 aliphatic rings.